The first-order valence-corrected chi connectivity index (χ1v) is 16.1. The minimum Gasteiger partial charge on any atom is -0.354 e. The summed E-state index contributed by atoms with van der Waals surface area (Å²) in [7, 11) is 0. The predicted molar refractivity (Wildman–Crippen MR) is 183 cm³/mol. The van der Waals surface area contributed by atoms with Crippen molar-refractivity contribution in [3.63, 3.8) is 0 Å². The maximum atomic E-state index is 14.3. The molecule has 2 heterocycles. The van der Waals surface area contributed by atoms with Gasteiger partial charge in [-0.3, -0.25) is 9.59 Å². The van der Waals surface area contributed by atoms with Crippen molar-refractivity contribution < 1.29 is 9.59 Å². The zero-order chi connectivity index (χ0) is 30.0. The molecule has 5 aromatic carbocycles. The van der Waals surface area contributed by atoms with Crippen LogP contribution in [0.3, 0.4) is 0 Å². The second kappa shape index (κ2) is 7.72. The van der Waals surface area contributed by atoms with Crippen LogP contribution in [0.1, 0.15) is 61.6 Å². The Bertz CT molecular complexity index is 2890. The molecule has 0 fully saturated rings. The molecule has 214 valence electrons. The number of hydrogen-bond donors (Lipinski definition) is 2. The van der Waals surface area contributed by atoms with Crippen molar-refractivity contribution in [2.45, 2.75) is 24.2 Å². The fourth-order valence-corrected chi connectivity index (χ4v) is 9.71. The van der Waals surface area contributed by atoms with Crippen molar-refractivity contribution in [1.29, 1.82) is 0 Å². The number of hydrogen-bond acceptors (Lipinski definition) is 2. The van der Waals surface area contributed by atoms with Gasteiger partial charge in [-0.05, 0) is 93.1 Å². The van der Waals surface area contributed by atoms with Gasteiger partial charge in [-0.25, -0.2) is 0 Å². The van der Waals surface area contributed by atoms with E-state index in [4.69, 9.17) is 0 Å². The molecule has 0 aliphatic heterocycles. The van der Waals surface area contributed by atoms with Gasteiger partial charge in [0, 0.05) is 77.7 Å². The number of fused-ring (bicyclic) bond motifs is 10. The Morgan fingerprint density at radius 2 is 1.33 bits per heavy atom. The van der Waals surface area contributed by atoms with E-state index in [1.165, 1.54) is 32.5 Å². The normalized spacial score (nSPS) is 21.4. The number of carbonyl (C=O) groups is 2. The summed E-state index contributed by atoms with van der Waals surface area (Å²) in [5.74, 6) is 0.551. The van der Waals surface area contributed by atoms with Crippen LogP contribution in [0.4, 0.5) is 0 Å². The summed E-state index contributed by atoms with van der Waals surface area (Å²) in [6.45, 7) is 0. The highest BCUT2D eigenvalue weighted by atomic mass is 16.1. The number of carbonyl (C=O) groups excluding carboxylic acids is 2. The molecule has 4 nitrogen and oxygen atoms in total. The average Bonchev–Trinajstić information content (AvgIpc) is 3.65. The highest BCUT2D eigenvalue weighted by molar-refractivity contribution is 6.33. The van der Waals surface area contributed by atoms with Crippen LogP contribution >= 0.6 is 0 Å². The Hall–Kier alpha value is -5.74. The monoisotopic (exact) mass is 588 g/mol. The molecule has 0 bridgehead atoms. The molecular formula is C42H24N2O2. The first kappa shape index (κ1) is 23.6. The van der Waals surface area contributed by atoms with Crippen LogP contribution in [-0.4, -0.2) is 21.5 Å². The molecule has 0 radical (unpaired) electrons. The Balaban J connectivity index is 1.15. The zero-order valence-corrected chi connectivity index (χ0v) is 24.6. The molecule has 12 rings (SSSR count). The van der Waals surface area contributed by atoms with Gasteiger partial charge < -0.3 is 9.97 Å². The van der Waals surface area contributed by atoms with Gasteiger partial charge in [0.25, 0.3) is 0 Å². The van der Waals surface area contributed by atoms with E-state index in [1.807, 2.05) is 18.2 Å². The molecule has 2 aromatic heterocycles. The molecule has 5 aliphatic carbocycles. The Morgan fingerprint density at radius 1 is 0.609 bits per heavy atom. The number of rotatable bonds is 0. The molecule has 5 aliphatic rings. The van der Waals surface area contributed by atoms with Crippen molar-refractivity contribution in [3.8, 4) is 11.1 Å². The minimum absolute atomic E-state index is 0.0143. The second-order valence-electron chi connectivity index (χ2n) is 13.6. The van der Waals surface area contributed by atoms with E-state index in [9.17, 15) is 9.59 Å². The third kappa shape index (κ3) is 2.62. The molecular weight excluding hydrogens is 564 g/mol. The van der Waals surface area contributed by atoms with Crippen LogP contribution in [0.2, 0.25) is 0 Å². The molecule has 4 heteroatoms. The summed E-state index contributed by atoms with van der Waals surface area (Å²) in [5, 5.41) is 6.93. The van der Waals surface area contributed by atoms with Crippen LogP contribution in [0.25, 0.3) is 66.4 Å². The Kier molecular flexibility index (Phi) is 3.97. The van der Waals surface area contributed by atoms with Gasteiger partial charge in [0.05, 0.1) is 0 Å². The van der Waals surface area contributed by atoms with Crippen molar-refractivity contribution in [2.75, 3.05) is 0 Å². The molecule has 46 heavy (non-hydrogen) atoms. The SMILES string of the molecule is O=C1C2=c3c(cc4c5c3C(C=C2)CC2c3cc6c(cc3C(=O)C(=CC=4)C52)[nH]c2ccccc26)-c2cc3c(cc21)[nH]c1ccccc13. The van der Waals surface area contributed by atoms with Crippen molar-refractivity contribution in [3.05, 3.63) is 141 Å². The van der Waals surface area contributed by atoms with E-state index >= 15 is 0 Å². The van der Waals surface area contributed by atoms with Gasteiger partial charge in [0.15, 0.2) is 11.6 Å². The smallest absolute Gasteiger partial charge is 0.194 e. The Labute approximate surface area is 262 Å². The highest BCUT2D eigenvalue weighted by Gasteiger charge is 2.47. The lowest BCUT2D eigenvalue weighted by Crippen LogP contribution is -2.42. The average molecular weight is 589 g/mol. The van der Waals surface area contributed by atoms with E-state index < -0.39 is 0 Å². The summed E-state index contributed by atoms with van der Waals surface area (Å²) >= 11 is 0. The van der Waals surface area contributed by atoms with Gasteiger partial charge in [-0.15, -0.1) is 0 Å². The van der Waals surface area contributed by atoms with E-state index in [-0.39, 0.29) is 29.3 Å². The number of nitrogens with one attached hydrogen (secondary N) is 2. The first-order valence-electron chi connectivity index (χ1n) is 16.1. The summed E-state index contributed by atoms with van der Waals surface area (Å²) in [6.07, 6.45) is 9.50. The van der Waals surface area contributed by atoms with Crippen molar-refractivity contribution in [2.24, 2.45) is 0 Å². The molecule has 3 unspecified atom stereocenters. The largest absolute Gasteiger partial charge is 0.354 e. The molecule has 0 amide bonds. The number of benzene rings is 5. The topological polar surface area (TPSA) is 65.7 Å². The molecule has 0 saturated carbocycles. The predicted octanol–water partition coefficient (Wildman–Crippen LogP) is 7.81. The fourth-order valence-electron chi connectivity index (χ4n) is 9.71. The highest BCUT2D eigenvalue weighted by Crippen LogP contribution is 2.56. The van der Waals surface area contributed by atoms with E-state index in [0.29, 0.717) is 0 Å². The second-order valence-corrected chi connectivity index (χ2v) is 13.6. The molecule has 7 aromatic rings. The number of aromatic nitrogens is 2. The van der Waals surface area contributed by atoms with Crippen molar-refractivity contribution in [1.82, 2.24) is 9.97 Å². The summed E-state index contributed by atoms with van der Waals surface area (Å²) < 4.78 is 0. The Morgan fingerprint density at radius 3 is 2.11 bits per heavy atom. The number of aromatic amines is 2. The first-order chi connectivity index (χ1) is 22.6. The third-order valence-electron chi connectivity index (χ3n) is 11.6. The van der Waals surface area contributed by atoms with Crippen LogP contribution in [0, 0.1) is 0 Å². The lowest BCUT2D eigenvalue weighted by molar-refractivity contribution is 0.101. The van der Waals surface area contributed by atoms with Gasteiger partial charge in [0.1, 0.15) is 0 Å². The number of para-hydroxylation sites is 2. The number of allylic oxidation sites excluding steroid dienone is 4. The summed E-state index contributed by atoms with van der Waals surface area (Å²) in [4.78, 5) is 35.6. The van der Waals surface area contributed by atoms with E-state index in [2.05, 4.69) is 94.9 Å². The van der Waals surface area contributed by atoms with Gasteiger partial charge in [0.2, 0.25) is 0 Å². The molecule has 2 N–H and O–H groups in total. The quantitative estimate of drug-likeness (QED) is 0.190. The third-order valence-corrected chi connectivity index (χ3v) is 11.6. The number of Topliss-reactive ketones (excluding diaryl/α,β-unsaturated/α-hetero) is 2. The fraction of sp³-hybridized carbons (Fsp3) is 0.0952. The van der Waals surface area contributed by atoms with Gasteiger partial charge >= 0.3 is 0 Å². The lowest BCUT2D eigenvalue weighted by Gasteiger charge is -2.45. The van der Waals surface area contributed by atoms with Crippen LogP contribution < -0.4 is 10.4 Å². The maximum absolute atomic E-state index is 14.3. The van der Waals surface area contributed by atoms with Gasteiger partial charge in [-0.2, -0.15) is 0 Å². The minimum atomic E-state index is -0.0143. The number of ketones is 2. The van der Waals surface area contributed by atoms with E-state index in [0.717, 1.165) is 78.1 Å². The maximum Gasteiger partial charge on any atom is 0.194 e. The van der Waals surface area contributed by atoms with Crippen LogP contribution in [0.5, 0.6) is 0 Å². The molecule has 0 saturated heterocycles. The lowest BCUT2D eigenvalue weighted by atomic mass is 9.57. The molecule has 3 atom stereocenters. The molecule has 0 spiro atoms. The van der Waals surface area contributed by atoms with Crippen LogP contribution in [0.15, 0.2) is 103 Å². The standard InChI is InChI=1S/C42H24N2O2/c45-41-23-11-10-20-14-30-26-16-28-22-6-2-4-8-34(22)44-36(28)18-32(26)42(46)24-12-9-19-13-29(39(23)37(20)38(19)40(24)30)25-15-27-21-5-1-3-7-33(21)43-35(27)17-31(25)41/h1-13,15-18,20,30,40,43-44H,14H2. The van der Waals surface area contributed by atoms with E-state index in [1.54, 1.807) is 0 Å². The van der Waals surface area contributed by atoms with Crippen LogP contribution in [-0.2, 0) is 0 Å². The summed E-state index contributed by atoms with van der Waals surface area (Å²) in [6, 6.07) is 27.7. The van der Waals surface area contributed by atoms with Gasteiger partial charge in [-0.1, -0.05) is 60.7 Å². The summed E-state index contributed by atoms with van der Waals surface area (Å²) in [5.41, 5.74) is 13.2. The van der Waals surface area contributed by atoms with Crippen molar-refractivity contribution >= 4 is 66.8 Å². The zero-order valence-electron chi connectivity index (χ0n) is 24.6. The number of H-pyrrole nitrogens is 2.